The Balaban J connectivity index is 1.71. The van der Waals surface area contributed by atoms with E-state index in [-0.39, 0.29) is 11.4 Å². The SMILES string of the molecule is COc1cccc(OC)c1-n1c(NSC(C)C(OC)c2ncc(C)cn2)nnc1-c1csc(C)n1. The second-order valence-electron chi connectivity index (χ2n) is 7.65. The van der Waals surface area contributed by atoms with Crippen LogP contribution in [0.2, 0.25) is 0 Å². The van der Waals surface area contributed by atoms with Crippen LogP contribution in [-0.2, 0) is 4.74 Å². The minimum Gasteiger partial charge on any atom is -0.494 e. The fourth-order valence-electron chi connectivity index (χ4n) is 3.51. The van der Waals surface area contributed by atoms with Gasteiger partial charge in [-0.1, -0.05) is 6.07 Å². The second kappa shape index (κ2) is 11.0. The minimum atomic E-state index is -0.328. The van der Waals surface area contributed by atoms with Gasteiger partial charge in [0, 0.05) is 24.9 Å². The normalized spacial score (nSPS) is 12.9. The Kier molecular flexibility index (Phi) is 7.83. The molecule has 3 heterocycles. The van der Waals surface area contributed by atoms with Gasteiger partial charge in [-0.15, -0.1) is 21.5 Å². The molecule has 35 heavy (non-hydrogen) atoms. The molecule has 0 aliphatic carbocycles. The summed E-state index contributed by atoms with van der Waals surface area (Å²) in [5.41, 5.74) is 2.37. The molecule has 12 heteroatoms. The van der Waals surface area contributed by atoms with Crippen molar-refractivity contribution in [2.24, 2.45) is 0 Å². The van der Waals surface area contributed by atoms with Crippen molar-refractivity contribution in [3.05, 3.63) is 52.4 Å². The summed E-state index contributed by atoms with van der Waals surface area (Å²) in [7, 11) is 4.88. The topological polar surface area (TPSA) is 109 Å². The molecule has 0 aliphatic rings. The Bertz CT molecular complexity index is 1250. The number of hydrogen-bond donors (Lipinski definition) is 1. The highest BCUT2D eigenvalue weighted by Gasteiger charge is 2.26. The smallest absolute Gasteiger partial charge is 0.239 e. The van der Waals surface area contributed by atoms with Gasteiger partial charge < -0.3 is 14.2 Å². The molecular formula is C23H27N7O3S2. The summed E-state index contributed by atoms with van der Waals surface area (Å²) in [5, 5.41) is 11.7. The first-order valence-electron chi connectivity index (χ1n) is 10.8. The van der Waals surface area contributed by atoms with Gasteiger partial charge in [0.2, 0.25) is 5.95 Å². The third-order valence-electron chi connectivity index (χ3n) is 5.21. The van der Waals surface area contributed by atoms with Crippen LogP contribution in [0, 0.1) is 13.8 Å². The molecule has 1 N–H and O–H groups in total. The number of benzene rings is 1. The lowest BCUT2D eigenvalue weighted by Gasteiger charge is -2.22. The Hall–Kier alpha value is -3.22. The number of aromatic nitrogens is 6. The molecule has 0 fully saturated rings. The standard InChI is InChI=1S/C23H27N7O3S2/c1-13-10-24-21(25-11-13)20(33-6)14(2)35-29-23-28-27-22(16-12-34-15(3)26-16)30(23)19-17(31-4)8-7-9-18(19)32-5/h7-12,14,20H,1-6H3,(H,28,29). The van der Waals surface area contributed by atoms with E-state index in [4.69, 9.17) is 14.2 Å². The van der Waals surface area contributed by atoms with Gasteiger partial charge >= 0.3 is 0 Å². The van der Waals surface area contributed by atoms with E-state index in [0.717, 1.165) is 10.6 Å². The van der Waals surface area contributed by atoms with Crippen molar-refractivity contribution in [2.45, 2.75) is 32.1 Å². The first-order chi connectivity index (χ1) is 17.0. The molecule has 2 unspecified atom stereocenters. The van der Waals surface area contributed by atoms with E-state index >= 15 is 0 Å². The number of ether oxygens (including phenoxy) is 3. The van der Waals surface area contributed by atoms with Gasteiger partial charge in [-0.25, -0.2) is 15.0 Å². The van der Waals surface area contributed by atoms with Gasteiger partial charge in [0.05, 0.1) is 24.5 Å². The lowest BCUT2D eigenvalue weighted by atomic mass is 10.2. The Morgan fingerprint density at radius 3 is 2.29 bits per heavy atom. The van der Waals surface area contributed by atoms with Crippen LogP contribution in [0.15, 0.2) is 36.0 Å². The van der Waals surface area contributed by atoms with Crippen LogP contribution in [0.4, 0.5) is 5.95 Å². The highest BCUT2D eigenvalue weighted by Crippen LogP contribution is 2.38. The quantitative estimate of drug-likeness (QED) is 0.301. The zero-order valence-electron chi connectivity index (χ0n) is 20.3. The molecule has 3 aromatic heterocycles. The molecule has 0 bridgehead atoms. The fourth-order valence-corrected chi connectivity index (χ4v) is 4.88. The van der Waals surface area contributed by atoms with E-state index in [9.17, 15) is 0 Å². The number of aryl methyl sites for hydroxylation is 2. The lowest BCUT2D eigenvalue weighted by Crippen LogP contribution is -2.19. The number of anilines is 1. The Morgan fingerprint density at radius 2 is 1.71 bits per heavy atom. The third kappa shape index (κ3) is 5.24. The largest absolute Gasteiger partial charge is 0.494 e. The second-order valence-corrected chi connectivity index (χ2v) is 9.89. The molecule has 2 atom stereocenters. The van der Waals surface area contributed by atoms with Crippen molar-refractivity contribution in [1.29, 1.82) is 0 Å². The van der Waals surface area contributed by atoms with Crippen LogP contribution in [0.3, 0.4) is 0 Å². The number of rotatable bonds is 10. The van der Waals surface area contributed by atoms with Crippen LogP contribution >= 0.6 is 23.3 Å². The molecule has 0 amide bonds. The first kappa shape index (κ1) is 24.9. The summed E-state index contributed by atoms with van der Waals surface area (Å²) in [6.07, 6.45) is 3.24. The summed E-state index contributed by atoms with van der Waals surface area (Å²) in [5.74, 6) is 2.90. The van der Waals surface area contributed by atoms with Gasteiger partial charge in [-0.05, 0) is 50.4 Å². The number of hydrogen-bond acceptors (Lipinski definition) is 11. The number of thiazole rings is 1. The maximum absolute atomic E-state index is 5.71. The van der Waals surface area contributed by atoms with Crippen molar-refractivity contribution in [2.75, 3.05) is 26.1 Å². The molecule has 0 spiro atoms. The maximum Gasteiger partial charge on any atom is 0.239 e. The number of nitrogens with zero attached hydrogens (tertiary/aromatic N) is 6. The summed E-state index contributed by atoms with van der Waals surface area (Å²) in [6.45, 7) is 5.93. The van der Waals surface area contributed by atoms with Crippen molar-refractivity contribution < 1.29 is 14.2 Å². The molecule has 4 rings (SSSR count). The molecule has 1 aromatic carbocycles. The van der Waals surface area contributed by atoms with Crippen molar-refractivity contribution in [1.82, 2.24) is 29.7 Å². The molecule has 0 saturated carbocycles. The summed E-state index contributed by atoms with van der Waals surface area (Å²) in [4.78, 5) is 13.5. The van der Waals surface area contributed by atoms with E-state index < -0.39 is 0 Å². The average molecular weight is 514 g/mol. The Morgan fingerprint density at radius 1 is 1.03 bits per heavy atom. The lowest BCUT2D eigenvalue weighted by molar-refractivity contribution is 0.0972. The zero-order valence-corrected chi connectivity index (χ0v) is 22.0. The van der Waals surface area contributed by atoms with Gasteiger partial charge in [0.1, 0.15) is 29.0 Å². The predicted octanol–water partition coefficient (Wildman–Crippen LogP) is 4.65. The molecule has 0 saturated heterocycles. The fraction of sp³-hybridized carbons (Fsp3) is 0.348. The van der Waals surface area contributed by atoms with E-state index in [2.05, 4.69) is 29.9 Å². The molecule has 0 aliphatic heterocycles. The molecule has 0 radical (unpaired) electrons. The van der Waals surface area contributed by atoms with Gasteiger partial charge in [-0.2, -0.15) is 0 Å². The highest BCUT2D eigenvalue weighted by atomic mass is 32.2. The highest BCUT2D eigenvalue weighted by molar-refractivity contribution is 8.01. The number of para-hydroxylation sites is 1. The van der Waals surface area contributed by atoms with Gasteiger partial charge in [-0.3, -0.25) is 9.29 Å². The van der Waals surface area contributed by atoms with E-state index in [1.165, 1.54) is 11.9 Å². The third-order valence-corrected chi connectivity index (χ3v) is 6.90. The first-order valence-corrected chi connectivity index (χ1v) is 12.5. The number of nitrogens with one attached hydrogen (secondary N) is 1. The molecule has 184 valence electrons. The predicted molar refractivity (Wildman–Crippen MR) is 138 cm³/mol. The van der Waals surface area contributed by atoms with E-state index in [1.807, 2.05) is 48.9 Å². The van der Waals surface area contributed by atoms with Crippen molar-refractivity contribution in [3.63, 3.8) is 0 Å². The Labute approximate surface area is 212 Å². The summed E-state index contributed by atoms with van der Waals surface area (Å²) < 4.78 is 22.2. The summed E-state index contributed by atoms with van der Waals surface area (Å²) in [6, 6.07) is 5.60. The van der Waals surface area contributed by atoms with Crippen molar-refractivity contribution in [3.8, 4) is 28.7 Å². The van der Waals surface area contributed by atoms with E-state index in [0.29, 0.717) is 40.5 Å². The van der Waals surface area contributed by atoms with Crippen LogP contribution in [-0.4, -0.2) is 56.3 Å². The minimum absolute atomic E-state index is 0.0580. The molecule has 10 nitrogen and oxygen atoms in total. The molecule has 4 aromatic rings. The van der Waals surface area contributed by atoms with Crippen LogP contribution < -0.4 is 14.2 Å². The van der Waals surface area contributed by atoms with Gasteiger partial charge in [0.15, 0.2) is 11.6 Å². The maximum atomic E-state index is 5.71. The van der Waals surface area contributed by atoms with Crippen LogP contribution in [0.1, 0.15) is 29.4 Å². The van der Waals surface area contributed by atoms with Crippen LogP contribution in [0.5, 0.6) is 11.5 Å². The zero-order chi connectivity index (χ0) is 24.9. The van der Waals surface area contributed by atoms with Crippen LogP contribution in [0.25, 0.3) is 17.2 Å². The van der Waals surface area contributed by atoms with Gasteiger partial charge in [0.25, 0.3) is 0 Å². The average Bonchev–Trinajstić information content (AvgIpc) is 3.49. The van der Waals surface area contributed by atoms with Crippen molar-refractivity contribution >= 4 is 29.2 Å². The van der Waals surface area contributed by atoms with E-state index in [1.54, 1.807) is 45.1 Å². The summed E-state index contributed by atoms with van der Waals surface area (Å²) >= 11 is 2.98. The number of methoxy groups -OCH3 is 3. The molecular weight excluding hydrogens is 486 g/mol. The monoisotopic (exact) mass is 513 g/mol.